The Morgan fingerprint density at radius 2 is 2.25 bits per heavy atom. The predicted octanol–water partition coefficient (Wildman–Crippen LogP) is 2.43. The summed E-state index contributed by atoms with van der Waals surface area (Å²) >= 11 is 7.32. The van der Waals surface area contributed by atoms with Gasteiger partial charge in [-0.1, -0.05) is 11.6 Å². The van der Waals surface area contributed by atoms with Crippen molar-refractivity contribution < 1.29 is 0 Å². The van der Waals surface area contributed by atoms with Gasteiger partial charge in [-0.3, -0.25) is 9.36 Å². The first-order valence-electron chi connectivity index (χ1n) is 4.56. The summed E-state index contributed by atoms with van der Waals surface area (Å²) in [7, 11) is 0. The molecule has 3 aromatic heterocycles. The van der Waals surface area contributed by atoms with Crippen LogP contribution in [0.1, 0.15) is 0 Å². The minimum absolute atomic E-state index is 0.133. The Labute approximate surface area is 99.1 Å². The van der Waals surface area contributed by atoms with Crippen LogP contribution in [0.5, 0.6) is 0 Å². The average Bonchev–Trinajstić information content (AvgIpc) is 2.84. The molecular formula is C10H6ClN3OS. The summed E-state index contributed by atoms with van der Waals surface area (Å²) in [5.41, 5.74) is 0.508. The molecule has 0 fully saturated rings. The molecule has 3 aromatic rings. The minimum Gasteiger partial charge on any atom is -0.313 e. The molecule has 3 heterocycles. The van der Waals surface area contributed by atoms with Crippen LogP contribution in [0.2, 0.25) is 4.34 Å². The van der Waals surface area contributed by atoms with E-state index in [4.69, 9.17) is 11.6 Å². The molecular weight excluding hydrogens is 246 g/mol. The number of nitrogens with zero attached hydrogens (tertiary/aromatic N) is 2. The number of nitrogens with one attached hydrogen (secondary N) is 1. The van der Waals surface area contributed by atoms with Gasteiger partial charge in [0.1, 0.15) is 5.00 Å². The standard InChI is InChI=1S/C10H6ClN3OS/c11-7-1-2-8(16-7)14-4-3-6-9(14)12-5-13-10(6)15/h1-5H,(H,12,13,15). The van der Waals surface area contributed by atoms with E-state index in [1.165, 1.54) is 17.7 Å². The Kier molecular flexibility index (Phi) is 2.08. The van der Waals surface area contributed by atoms with Crippen molar-refractivity contribution in [1.29, 1.82) is 0 Å². The number of thiophene rings is 1. The van der Waals surface area contributed by atoms with E-state index >= 15 is 0 Å². The van der Waals surface area contributed by atoms with Crippen LogP contribution < -0.4 is 5.56 Å². The van der Waals surface area contributed by atoms with Gasteiger partial charge in [0.25, 0.3) is 5.56 Å². The highest BCUT2D eigenvalue weighted by atomic mass is 35.5. The second-order valence-corrected chi connectivity index (χ2v) is 4.93. The molecule has 0 saturated carbocycles. The van der Waals surface area contributed by atoms with Crippen LogP contribution in [0.25, 0.3) is 16.0 Å². The van der Waals surface area contributed by atoms with Gasteiger partial charge in [-0.05, 0) is 18.2 Å². The van der Waals surface area contributed by atoms with Crippen LogP contribution in [-0.4, -0.2) is 14.5 Å². The van der Waals surface area contributed by atoms with E-state index in [1.807, 2.05) is 22.9 Å². The molecule has 0 amide bonds. The molecule has 0 saturated heterocycles. The van der Waals surface area contributed by atoms with Gasteiger partial charge < -0.3 is 4.98 Å². The number of rotatable bonds is 1. The monoisotopic (exact) mass is 251 g/mol. The molecule has 0 radical (unpaired) electrons. The summed E-state index contributed by atoms with van der Waals surface area (Å²) in [6.07, 6.45) is 3.21. The summed E-state index contributed by atoms with van der Waals surface area (Å²) in [4.78, 5) is 18.2. The van der Waals surface area contributed by atoms with Gasteiger partial charge in [0.05, 0.1) is 16.0 Å². The fraction of sp³-hybridized carbons (Fsp3) is 0. The zero-order valence-electron chi connectivity index (χ0n) is 7.98. The Balaban J connectivity index is 2.33. The van der Waals surface area contributed by atoms with Gasteiger partial charge in [0, 0.05) is 6.20 Å². The lowest BCUT2D eigenvalue weighted by Crippen LogP contribution is -2.05. The fourth-order valence-electron chi connectivity index (χ4n) is 1.57. The number of hydrogen-bond acceptors (Lipinski definition) is 3. The first-order valence-corrected chi connectivity index (χ1v) is 5.75. The second-order valence-electron chi connectivity index (χ2n) is 3.23. The van der Waals surface area contributed by atoms with Gasteiger partial charge in [0.15, 0.2) is 5.65 Å². The van der Waals surface area contributed by atoms with Crippen molar-refractivity contribution in [2.45, 2.75) is 0 Å². The van der Waals surface area contributed by atoms with Crippen LogP contribution in [-0.2, 0) is 0 Å². The Morgan fingerprint density at radius 3 is 3.00 bits per heavy atom. The van der Waals surface area contributed by atoms with E-state index in [0.29, 0.717) is 15.4 Å². The van der Waals surface area contributed by atoms with Crippen LogP contribution in [0.15, 0.2) is 35.5 Å². The SMILES string of the molecule is O=c1[nH]cnc2c1ccn2-c1ccc(Cl)s1. The van der Waals surface area contributed by atoms with Crippen LogP contribution >= 0.6 is 22.9 Å². The van der Waals surface area contributed by atoms with E-state index in [9.17, 15) is 4.79 Å². The molecule has 0 aliphatic rings. The molecule has 0 aliphatic heterocycles. The van der Waals surface area contributed by atoms with Gasteiger partial charge in [-0.15, -0.1) is 11.3 Å². The third kappa shape index (κ3) is 1.36. The predicted molar refractivity (Wildman–Crippen MR) is 64.6 cm³/mol. The maximum atomic E-state index is 11.5. The molecule has 0 unspecified atom stereocenters. The maximum absolute atomic E-state index is 11.5. The van der Waals surface area contributed by atoms with E-state index in [0.717, 1.165) is 5.00 Å². The lowest BCUT2D eigenvalue weighted by atomic mass is 10.4. The first kappa shape index (κ1) is 9.62. The van der Waals surface area contributed by atoms with E-state index < -0.39 is 0 Å². The number of H-pyrrole nitrogens is 1. The van der Waals surface area contributed by atoms with Gasteiger partial charge in [-0.2, -0.15) is 0 Å². The minimum atomic E-state index is -0.133. The molecule has 0 atom stereocenters. The Morgan fingerprint density at radius 1 is 1.38 bits per heavy atom. The molecule has 0 aliphatic carbocycles. The zero-order valence-corrected chi connectivity index (χ0v) is 9.55. The van der Waals surface area contributed by atoms with Crippen molar-refractivity contribution in [1.82, 2.24) is 14.5 Å². The van der Waals surface area contributed by atoms with E-state index in [1.54, 1.807) is 6.07 Å². The highest BCUT2D eigenvalue weighted by molar-refractivity contribution is 7.18. The van der Waals surface area contributed by atoms with E-state index in [-0.39, 0.29) is 5.56 Å². The Hall–Kier alpha value is -1.59. The number of halogens is 1. The quantitative estimate of drug-likeness (QED) is 0.722. The largest absolute Gasteiger partial charge is 0.313 e. The third-order valence-corrected chi connectivity index (χ3v) is 3.51. The number of hydrogen-bond donors (Lipinski definition) is 1. The lowest BCUT2D eigenvalue weighted by molar-refractivity contribution is 1.09. The molecule has 0 spiro atoms. The smallest absolute Gasteiger partial charge is 0.260 e. The highest BCUT2D eigenvalue weighted by Gasteiger charge is 2.08. The average molecular weight is 252 g/mol. The lowest BCUT2D eigenvalue weighted by Gasteiger charge is -1.98. The highest BCUT2D eigenvalue weighted by Crippen LogP contribution is 2.26. The molecule has 1 N–H and O–H groups in total. The van der Waals surface area contributed by atoms with Gasteiger partial charge >= 0.3 is 0 Å². The summed E-state index contributed by atoms with van der Waals surface area (Å²) in [6.45, 7) is 0. The summed E-state index contributed by atoms with van der Waals surface area (Å²) in [5.74, 6) is 0. The van der Waals surface area contributed by atoms with Crippen LogP contribution in [0, 0.1) is 0 Å². The molecule has 6 heteroatoms. The maximum Gasteiger partial charge on any atom is 0.260 e. The van der Waals surface area contributed by atoms with Crippen molar-refractivity contribution in [3.63, 3.8) is 0 Å². The van der Waals surface area contributed by atoms with Crippen molar-refractivity contribution in [3.8, 4) is 5.00 Å². The molecule has 3 rings (SSSR count). The zero-order chi connectivity index (χ0) is 11.1. The van der Waals surface area contributed by atoms with Crippen LogP contribution in [0.3, 0.4) is 0 Å². The number of aromatic amines is 1. The summed E-state index contributed by atoms with van der Waals surface area (Å²) < 4.78 is 2.56. The number of aromatic nitrogens is 3. The molecule has 4 nitrogen and oxygen atoms in total. The first-order chi connectivity index (χ1) is 7.75. The van der Waals surface area contributed by atoms with Gasteiger partial charge in [-0.25, -0.2) is 4.98 Å². The number of fused-ring (bicyclic) bond motifs is 1. The topological polar surface area (TPSA) is 50.7 Å². The molecule has 16 heavy (non-hydrogen) atoms. The van der Waals surface area contributed by atoms with E-state index in [2.05, 4.69) is 9.97 Å². The second kappa shape index (κ2) is 3.47. The molecule has 80 valence electrons. The Bertz CT molecular complexity index is 712. The van der Waals surface area contributed by atoms with Crippen molar-refractivity contribution in [2.75, 3.05) is 0 Å². The van der Waals surface area contributed by atoms with Gasteiger partial charge in [0.2, 0.25) is 0 Å². The summed E-state index contributed by atoms with van der Waals surface area (Å²) in [6, 6.07) is 5.46. The van der Waals surface area contributed by atoms with Crippen molar-refractivity contribution in [3.05, 3.63) is 45.4 Å². The fourth-order valence-corrected chi connectivity index (χ4v) is 2.59. The molecule has 0 bridgehead atoms. The van der Waals surface area contributed by atoms with Crippen LogP contribution in [0.4, 0.5) is 0 Å². The third-order valence-electron chi connectivity index (χ3n) is 2.28. The normalized spacial score (nSPS) is 11.1. The molecule has 0 aromatic carbocycles. The van der Waals surface area contributed by atoms with Crippen molar-refractivity contribution >= 4 is 34.0 Å². The summed E-state index contributed by atoms with van der Waals surface area (Å²) in [5, 5.41) is 1.52. The van der Waals surface area contributed by atoms with Crippen molar-refractivity contribution in [2.24, 2.45) is 0 Å².